The first-order valence-electron chi connectivity index (χ1n) is 5.64. The van der Waals surface area contributed by atoms with Crippen LogP contribution in [0.4, 0.5) is 10.1 Å². The molecule has 1 heterocycles. The van der Waals surface area contributed by atoms with Gasteiger partial charge >= 0.3 is 0 Å². The van der Waals surface area contributed by atoms with Gasteiger partial charge in [0.05, 0.1) is 10.6 Å². The largest absolute Gasteiger partial charge is 0.345 e. The Balaban J connectivity index is 2.28. The lowest BCUT2D eigenvalue weighted by Crippen LogP contribution is -2.17. The molecule has 112 valence electrons. The van der Waals surface area contributed by atoms with Crippen LogP contribution in [0.5, 0.6) is 0 Å². The number of sulfonamides is 1. The Labute approximate surface area is 128 Å². The average Bonchev–Trinajstić information content (AvgIpc) is 2.69. The Kier molecular flexibility index (Phi) is 4.17. The Hall–Kier alpha value is -1.71. The first-order valence-corrected chi connectivity index (χ1v) is 7.98. The predicted molar refractivity (Wildman–Crippen MR) is 78.8 cm³/mol. The fraction of sp³-hybridized carbons (Fsp3) is 0.0833. The fourth-order valence-corrected chi connectivity index (χ4v) is 2.76. The number of rotatable bonds is 3. The summed E-state index contributed by atoms with van der Waals surface area (Å²) in [5.74, 6) is -1.41. The van der Waals surface area contributed by atoms with Crippen LogP contribution in [0.25, 0.3) is 0 Å². The van der Waals surface area contributed by atoms with Crippen LogP contribution in [0.2, 0.25) is 0 Å². The minimum Gasteiger partial charge on any atom is -0.345 e. The Morgan fingerprint density at radius 1 is 1.38 bits per heavy atom. The molecule has 0 fully saturated rings. The predicted octanol–water partition coefficient (Wildman–Crippen LogP) is 1.83. The standard InChI is InChI=1S/C12H11BrFN3O3S/c1-17-6-7(13)4-11(17)12(18)16-10-3-2-8(5-9(10)14)21(15,19)20/h2-6H,1H3,(H,16,18)(H2,15,19,20). The lowest BCUT2D eigenvalue weighted by Gasteiger charge is -2.08. The van der Waals surface area contributed by atoms with Crippen molar-refractivity contribution in [2.75, 3.05) is 5.32 Å². The molecule has 2 aromatic rings. The number of carbonyl (C=O) groups excluding carboxylic acids is 1. The topological polar surface area (TPSA) is 94.2 Å². The summed E-state index contributed by atoms with van der Waals surface area (Å²) < 4.78 is 38.3. The molecular formula is C12H11BrFN3O3S. The maximum atomic E-state index is 13.8. The van der Waals surface area contributed by atoms with Crippen LogP contribution in [-0.4, -0.2) is 18.9 Å². The number of halogens is 2. The van der Waals surface area contributed by atoms with E-state index in [4.69, 9.17) is 5.14 Å². The number of amides is 1. The Bertz CT molecular complexity index is 817. The van der Waals surface area contributed by atoms with Crippen LogP contribution in [-0.2, 0) is 17.1 Å². The van der Waals surface area contributed by atoms with Crippen LogP contribution in [0.15, 0.2) is 39.8 Å². The molecule has 1 aromatic heterocycles. The van der Waals surface area contributed by atoms with Crippen molar-refractivity contribution in [3.05, 3.63) is 46.4 Å². The van der Waals surface area contributed by atoms with Crippen molar-refractivity contribution in [2.45, 2.75) is 4.90 Å². The Morgan fingerprint density at radius 3 is 2.52 bits per heavy atom. The maximum Gasteiger partial charge on any atom is 0.272 e. The summed E-state index contributed by atoms with van der Waals surface area (Å²) in [7, 11) is -2.32. The van der Waals surface area contributed by atoms with E-state index in [9.17, 15) is 17.6 Å². The number of nitrogens with zero attached hydrogens (tertiary/aromatic N) is 1. The summed E-state index contributed by atoms with van der Waals surface area (Å²) in [6, 6.07) is 4.59. The summed E-state index contributed by atoms with van der Waals surface area (Å²) >= 11 is 3.23. The van der Waals surface area contributed by atoms with Crippen molar-refractivity contribution in [2.24, 2.45) is 12.2 Å². The van der Waals surface area contributed by atoms with Crippen LogP contribution < -0.4 is 10.5 Å². The molecule has 0 spiro atoms. The molecule has 2 rings (SSSR count). The van der Waals surface area contributed by atoms with E-state index in [0.717, 1.165) is 18.2 Å². The molecule has 0 saturated carbocycles. The summed E-state index contributed by atoms with van der Waals surface area (Å²) in [6.45, 7) is 0. The zero-order chi connectivity index (χ0) is 15.8. The SMILES string of the molecule is Cn1cc(Br)cc1C(=O)Nc1ccc(S(N)(=O)=O)cc1F. The highest BCUT2D eigenvalue weighted by atomic mass is 79.9. The molecule has 0 aliphatic rings. The van der Waals surface area contributed by atoms with Crippen molar-refractivity contribution in [1.29, 1.82) is 0 Å². The summed E-state index contributed by atoms with van der Waals surface area (Å²) in [5, 5.41) is 7.27. The lowest BCUT2D eigenvalue weighted by molar-refractivity contribution is 0.101. The molecule has 0 aliphatic carbocycles. The molecule has 0 bridgehead atoms. The number of primary sulfonamides is 1. The second-order valence-corrected chi connectivity index (χ2v) is 6.77. The zero-order valence-corrected chi connectivity index (χ0v) is 13.2. The molecule has 1 aromatic carbocycles. The molecule has 9 heteroatoms. The number of aromatic nitrogens is 1. The number of nitrogens with one attached hydrogen (secondary N) is 1. The highest BCUT2D eigenvalue weighted by molar-refractivity contribution is 9.10. The quantitative estimate of drug-likeness (QED) is 0.856. The highest BCUT2D eigenvalue weighted by Crippen LogP contribution is 2.20. The first kappa shape index (κ1) is 15.7. The van der Waals surface area contributed by atoms with Gasteiger partial charge in [0.2, 0.25) is 10.0 Å². The van der Waals surface area contributed by atoms with E-state index in [2.05, 4.69) is 21.2 Å². The molecule has 6 nitrogen and oxygen atoms in total. The molecule has 21 heavy (non-hydrogen) atoms. The number of nitrogens with two attached hydrogens (primary N) is 1. The van der Waals surface area contributed by atoms with Gasteiger partial charge in [0, 0.05) is 17.7 Å². The molecular weight excluding hydrogens is 365 g/mol. The van der Waals surface area contributed by atoms with E-state index in [1.807, 2.05) is 0 Å². The van der Waals surface area contributed by atoms with Gasteiger partial charge in [-0.3, -0.25) is 4.79 Å². The molecule has 0 atom stereocenters. The number of benzene rings is 1. The van der Waals surface area contributed by atoms with Crippen molar-refractivity contribution >= 4 is 37.5 Å². The van der Waals surface area contributed by atoms with E-state index < -0.39 is 21.7 Å². The number of hydrogen-bond donors (Lipinski definition) is 2. The van der Waals surface area contributed by atoms with Gasteiger partial charge in [-0.05, 0) is 40.2 Å². The highest BCUT2D eigenvalue weighted by Gasteiger charge is 2.16. The maximum absolute atomic E-state index is 13.8. The van der Waals surface area contributed by atoms with Gasteiger partial charge in [-0.25, -0.2) is 17.9 Å². The van der Waals surface area contributed by atoms with Gasteiger partial charge in [0.1, 0.15) is 11.5 Å². The second-order valence-electron chi connectivity index (χ2n) is 4.30. The molecule has 0 saturated heterocycles. The Morgan fingerprint density at radius 2 is 2.05 bits per heavy atom. The van der Waals surface area contributed by atoms with E-state index >= 15 is 0 Å². The van der Waals surface area contributed by atoms with Gasteiger partial charge < -0.3 is 9.88 Å². The molecule has 0 aliphatic heterocycles. The second kappa shape index (κ2) is 5.58. The summed E-state index contributed by atoms with van der Waals surface area (Å²) in [5.41, 5.74) is 0.182. The van der Waals surface area contributed by atoms with E-state index in [0.29, 0.717) is 10.2 Å². The van der Waals surface area contributed by atoms with Crippen LogP contribution in [0.3, 0.4) is 0 Å². The molecule has 3 N–H and O–H groups in total. The first-order chi connectivity index (χ1) is 9.68. The minimum atomic E-state index is -3.99. The van der Waals surface area contributed by atoms with Gasteiger partial charge in [-0.15, -0.1) is 0 Å². The average molecular weight is 376 g/mol. The van der Waals surface area contributed by atoms with E-state index in [1.165, 1.54) is 0 Å². The van der Waals surface area contributed by atoms with Crippen LogP contribution in [0.1, 0.15) is 10.5 Å². The summed E-state index contributed by atoms with van der Waals surface area (Å²) in [4.78, 5) is 11.7. The van der Waals surface area contributed by atoms with E-state index in [-0.39, 0.29) is 10.6 Å². The molecule has 0 unspecified atom stereocenters. The third kappa shape index (κ3) is 3.49. The number of aryl methyl sites for hydroxylation is 1. The van der Waals surface area contributed by atoms with E-state index in [1.54, 1.807) is 23.9 Å². The number of hydrogen-bond acceptors (Lipinski definition) is 3. The third-order valence-electron chi connectivity index (χ3n) is 2.72. The van der Waals surface area contributed by atoms with Crippen molar-refractivity contribution < 1.29 is 17.6 Å². The smallest absolute Gasteiger partial charge is 0.272 e. The van der Waals surface area contributed by atoms with Crippen LogP contribution in [0, 0.1) is 5.82 Å². The van der Waals surface area contributed by atoms with Crippen molar-refractivity contribution in [3.63, 3.8) is 0 Å². The van der Waals surface area contributed by atoms with Crippen molar-refractivity contribution in [3.8, 4) is 0 Å². The minimum absolute atomic E-state index is 0.135. The molecule has 1 amide bonds. The normalized spacial score (nSPS) is 11.4. The monoisotopic (exact) mass is 375 g/mol. The van der Waals surface area contributed by atoms with Gasteiger partial charge in [-0.2, -0.15) is 0 Å². The van der Waals surface area contributed by atoms with Crippen LogP contribution >= 0.6 is 15.9 Å². The third-order valence-corrected chi connectivity index (χ3v) is 4.07. The van der Waals surface area contributed by atoms with Gasteiger partial charge in [0.15, 0.2) is 0 Å². The zero-order valence-electron chi connectivity index (χ0n) is 10.8. The van der Waals surface area contributed by atoms with Gasteiger partial charge in [-0.1, -0.05) is 0 Å². The lowest BCUT2D eigenvalue weighted by atomic mass is 10.3. The number of anilines is 1. The summed E-state index contributed by atoms with van der Waals surface area (Å²) in [6.07, 6.45) is 1.68. The van der Waals surface area contributed by atoms with Gasteiger partial charge in [0.25, 0.3) is 5.91 Å². The molecule has 0 radical (unpaired) electrons. The number of carbonyl (C=O) groups is 1. The fourth-order valence-electron chi connectivity index (χ4n) is 1.71. The van der Waals surface area contributed by atoms with Crippen molar-refractivity contribution in [1.82, 2.24) is 4.57 Å².